The van der Waals surface area contributed by atoms with Crippen molar-refractivity contribution < 1.29 is 19.4 Å². The monoisotopic (exact) mass is 342 g/mol. The second-order valence-electron chi connectivity index (χ2n) is 4.70. The summed E-state index contributed by atoms with van der Waals surface area (Å²) in [5, 5.41) is 10.1. The summed E-state index contributed by atoms with van der Waals surface area (Å²) in [4.78, 5) is 22.5. The zero-order valence-corrected chi connectivity index (χ0v) is 13.6. The van der Waals surface area contributed by atoms with E-state index >= 15 is 0 Å². The van der Waals surface area contributed by atoms with Gasteiger partial charge >= 0.3 is 11.9 Å². The molecule has 0 atom stereocenters. The van der Waals surface area contributed by atoms with Crippen LogP contribution < -0.4 is 0 Å². The average Bonchev–Trinajstić information content (AvgIpc) is 2.40. The van der Waals surface area contributed by atoms with E-state index in [-0.39, 0.29) is 18.6 Å². The van der Waals surface area contributed by atoms with Crippen molar-refractivity contribution in [3.63, 3.8) is 0 Å². The molecule has 0 unspecified atom stereocenters. The quantitative estimate of drug-likeness (QED) is 0.454. The van der Waals surface area contributed by atoms with Crippen LogP contribution in [-0.2, 0) is 14.3 Å². The lowest BCUT2D eigenvalue weighted by Crippen LogP contribution is -2.08. The number of esters is 1. The van der Waals surface area contributed by atoms with E-state index in [1.54, 1.807) is 25.1 Å². The predicted octanol–water partition coefficient (Wildman–Crippen LogP) is 4.36. The number of ether oxygens (including phenoxy) is 1. The van der Waals surface area contributed by atoms with E-state index in [0.717, 1.165) is 0 Å². The topological polar surface area (TPSA) is 63.6 Å². The number of hydrogen-bond acceptors (Lipinski definition) is 3. The van der Waals surface area contributed by atoms with E-state index in [2.05, 4.69) is 6.58 Å². The molecule has 4 nitrogen and oxygen atoms in total. The SMILES string of the molecule is C=C(C)C(=O)OCCCC(=Cc1cc(Cl)cc(Cl)c1)C(=O)O. The highest BCUT2D eigenvalue weighted by Crippen LogP contribution is 2.22. The number of carbonyl (C=O) groups excluding carboxylic acids is 1. The summed E-state index contributed by atoms with van der Waals surface area (Å²) >= 11 is 11.8. The first-order valence-electron chi connectivity index (χ1n) is 6.52. The lowest BCUT2D eigenvalue weighted by molar-refractivity contribution is -0.139. The van der Waals surface area contributed by atoms with Crippen molar-refractivity contribution in [1.82, 2.24) is 0 Å². The molecule has 0 saturated heterocycles. The molecular formula is C16H16Cl2O4. The summed E-state index contributed by atoms with van der Waals surface area (Å²) in [7, 11) is 0. The average molecular weight is 343 g/mol. The van der Waals surface area contributed by atoms with Gasteiger partial charge < -0.3 is 9.84 Å². The van der Waals surface area contributed by atoms with E-state index in [4.69, 9.17) is 27.9 Å². The Morgan fingerprint density at radius 2 is 1.86 bits per heavy atom. The molecule has 1 aromatic carbocycles. The molecule has 0 bridgehead atoms. The number of carboxylic acids is 1. The Kier molecular flexibility index (Phi) is 7.15. The third kappa shape index (κ3) is 6.33. The Labute approximate surface area is 139 Å². The van der Waals surface area contributed by atoms with Crippen LogP contribution in [0.3, 0.4) is 0 Å². The molecule has 22 heavy (non-hydrogen) atoms. The van der Waals surface area contributed by atoms with Crippen LogP contribution in [0.4, 0.5) is 0 Å². The first kappa shape index (κ1) is 18.3. The van der Waals surface area contributed by atoms with Crippen LogP contribution in [0.2, 0.25) is 10.0 Å². The first-order valence-corrected chi connectivity index (χ1v) is 7.28. The summed E-state index contributed by atoms with van der Waals surface area (Å²) in [5.41, 5.74) is 1.10. The summed E-state index contributed by atoms with van der Waals surface area (Å²) in [6, 6.07) is 4.81. The van der Waals surface area contributed by atoms with Gasteiger partial charge in [0.2, 0.25) is 0 Å². The molecule has 0 heterocycles. The number of carboxylic acid groups (broad SMARTS) is 1. The van der Waals surface area contributed by atoms with Crippen molar-refractivity contribution in [2.45, 2.75) is 19.8 Å². The molecule has 0 saturated carbocycles. The van der Waals surface area contributed by atoms with Gasteiger partial charge in [-0.25, -0.2) is 9.59 Å². The Hall–Kier alpha value is -1.78. The van der Waals surface area contributed by atoms with E-state index in [1.807, 2.05) is 0 Å². The third-order valence-corrected chi connectivity index (χ3v) is 3.11. The molecule has 1 rings (SSSR count). The molecule has 0 spiro atoms. The molecule has 6 heteroatoms. The zero-order valence-electron chi connectivity index (χ0n) is 12.1. The maximum absolute atomic E-state index is 11.3. The van der Waals surface area contributed by atoms with Gasteiger partial charge in [-0.1, -0.05) is 29.8 Å². The van der Waals surface area contributed by atoms with Crippen LogP contribution in [0.1, 0.15) is 25.3 Å². The second-order valence-corrected chi connectivity index (χ2v) is 5.57. The molecule has 1 N–H and O–H groups in total. The van der Waals surface area contributed by atoms with Gasteiger partial charge in [-0.15, -0.1) is 0 Å². The van der Waals surface area contributed by atoms with Crippen molar-refractivity contribution in [3.05, 3.63) is 51.5 Å². The van der Waals surface area contributed by atoms with Gasteiger partial charge in [0.25, 0.3) is 0 Å². The minimum Gasteiger partial charge on any atom is -0.478 e. The molecule has 0 fully saturated rings. The standard InChI is InChI=1S/C16H16Cl2O4/c1-10(2)16(21)22-5-3-4-12(15(19)20)6-11-7-13(17)9-14(18)8-11/h6-9H,1,3-5H2,2H3,(H,19,20). The van der Waals surface area contributed by atoms with Gasteiger partial charge in [0, 0.05) is 21.2 Å². The van der Waals surface area contributed by atoms with E-state index in [1.165, 1.54) is 6.08 Å². The Balaban J connectivity index is 2.69. The molecule has 118 valence electrons. The molecular weight excluding hydrogens is 327 g/mol. The largest absolute Gasteiger partial charge is 0.478 e. The van der Waals surface area contributed by atoms with Crippen LogP contribution >= 0.6 is 23.2 Å². The summed E-state index contributed by atoms with van der Waals surface area (Å²) in [6.07, 6.45) is 2.15. The van der Waals surface area contributed by atoms with Gasteiger partial charge in [-0.3, -0.25) is 0 Å². The van der Waals surface area contributed by atoms with Crippen molar-refractivity contribution >= 4 is 41.2 Å². The van der Waals surface area contributed by atoms with Crippen molar-refractivity contribution in [1.29, 1.82) is 0 Å². The van der Waals surface area contributed by atoms with E-state index < -0.39 is 11.9 Å². The molecule has 0 aliphatic carbocycles. The maximum Gasteiger partial charge on any atom is 0.333 e. The molecule has 1 aromatic rings. The normalized spacial score (nSPS) is 11.1. The van der Waals surface area contributed by atoms with Crippen LogP contribution in [0, 0.1) is 0 Å². The first-order chi connectivity index (χ1) is 10.3. The number of rotatable bonds is 7. The minimum absolute atomic E-state index is 0.132. The molecule has 0 aliphatic heterocycles. The summed E-state index contributed by atoms with van der Waals surface area (Å²) in [6.45, 7) is 5.15. The lowest BCUT2D eigenvalue weighted by Gasteiger charge is -2.06. The van der Waals surface area contributed by atoms with Crippen molar-refractivity contribution in [2.24, 2.45) is 0 Å². The van der Waals surface area contributed by atoms with Gasteiger partial charge in [0.15, 0.2) is 0 Å². The fourth-order valence-corrected chi connectivity index (χ4v) is 2.19. The predicted molar refractivity (Wildman–Crippen MR) is 87.1 cm³/mol. The number of halogens is 2. The number of carbonyl (C=O) groups is 2. The molecule has 0 radical (unpaired) electrons. The van der Waals surface area contributed by atoms with Crippen LogP contribution in [0.25, 0.3) is 6.08 Å². The lowest BCUT2D eigenvalue weighted by atomic mass is 10.1. The maximum atomic E-state index is 11.3. The van der Waals surface area contributed by atoms with Crippen molar-refractivity contribution in [3.8, 4) is 0 Å². The van der Waals surface area contributed by atoms with Gasteiger partial charge in [0.05, 0.1) is 6.61 Å². The minimum atomic E-state index is -1.04. The number of benzene rings is 1. The van der Waals surface area contributed by atoms with Gasteiger partial charge in [-0.05, 0) is 49.6 Å². The van der Waals surface area contributed by atoms with E-state index in [0.29, 0.717) is 27.6 Å². The third-order valence-electron chi connectivity index (χ3n) is 2.67. The van der Waals surface area contributed by atoms with Crippen LogP contribution in [-0.4, -0.2) is 23.7 Å². The fourth-order valence-electron chi connectivity index (χ4n) is 1.65. The zero-order chi connectivity index (χ0) is 16.7. The summed E-state index contributed by atoms with van der Waals surface area (Å²) in [5.74, 6) is -1.52. The van der Waals surface area contributed by atoms with E-state index in [9.17, 15) is 14.7 Å². The molecule has 0 aromatic heterocycles. The van der Waals surface area contributed by atoms with Crippen molar-refractivity contribution in [2.75, 3.05) is 6.61 Å². The highest BCUT2D eigenvalue weighted by Gasteiger charge is 2.09. The Morgan fingerprint density at radius 3 is 2.36 bits per heavy atom. The summed E-state index contributed by atoms with van der Waals surface area (Å²) < 4.78 is 4.92. The Bertz CT molecular complexity index is 600. The highest BCUT2D eigenvalue weighted by molar-refractivity contribution is 6.34. The molecule has 0 aliphatic rings. The van der Waals surface area contributed by atoms with Gasteiger partial charge in [-0.2, -0.15) is 0 Å². The number of hydrogen-bond donors (Lipinski definition) is 1. The van der Waals surface area contributed by atoms with Crippen LogP contribution in [0.5, 0.6) is 0 Å². The highest BCUT2D eigenvalue weighted by atomic mass is 35.5. The van der Waals surface area contributed by atoms with Gasteiger partial charge in [0.1, 0.15) is 0 Å². The van der Waals surface area contributed by atoms with Crippen LogP contribution in [0.15, 0.2) is 35.9 Å². The second kappa shape index (κ2) is 8.61. The molecule has 0 amide bonds. The number of aliphatic carboxylic acids is 1. The Morgan fingerprint density at radius 1 is 1.27 bits per heavy atom. The fraction of sp³-hybridized carbons (Fsp3) is 0.250. The smallest absolute Gasteiger partial charge is 0.333 e.